The predicted molar refractivity (Wildman–Crippen MR) is 119 cm³/mol. The average molecular weight is 499 g/mol. The maximum absolute atomic E-state index is 12.2. The second-order valence-corrected chi connectivity index (χ2v) is 9.60. The van der Waals surface area contributed by atoms with Crippen LogP contribution in [-0.2, 0) is 9.53 Å². The van der Waals surface area contributed by atoms with E-state index in [1.165, 1.54) is 0 Å². The lowest BCUT2D eigenvalue weighted by atomic mass is 9.99. The summed E-state index contributed by atoms with van der Waals surface area (Å²) < 4.78 is 12.0. The fraction of sp³-hybridized carbons (Fsp3) is 0.500. The Bertz CT molecular complexity index is 851. The number of hydrogen-bond acceptors (Lipinski definition) is 7. The fourth-order valence-corrected chi connectivity index (χ4v) is 3.21. The van der Waals surface area contributed by atoms with E-state index in [4.69, 9.17) is 9.15 Å². The molecule has 0 aliphatic heterocycles. The molecular formula is C20H27BrN4O4S. The van der Waals surface area contributed by atoms with E-state index in [9.17, 15) is 9.59 Å². The number of anilines is 1. The van der Waals surface area contributed by atoms with Crippen molar-refractivity contribution < 1.29 is 18.7 Å². The molecule has 2 rings (SSSR count). The number of benzene rings is 1. The molecule has 30 heavy (non-hydrogen) atoms. The maximum atomic E-state index is 12.2. The van der Waals surface area contributed by atoms with Gasteiger partial charge in [0.1, 0.15) is 11.6 Å². The van der Waals surface area contributed by atoms with Gasteiger partial charge in [-0.25, -0.2) is 4.79 Å². The lowest BCUT2D eigenvalue weighted by Crippen LogP contribution is -2.37. The van der Waals surface area contributed by atoms with Crippen LogP contribution in [0.15, 0.2) is 38.4 Å². The molecule has 0 aliphatic rings. The van der Waals surface area contributed by atoms with Crippen LogP contribution in [0.25, 0.3) is 0 Å². The molecule has 2 atom stereocenters. The van der Waals surface area contributed by atoms with Gasteiger partial charge in [0.25, 0.3) is 5.22 Å². The highest BCUT2D eigenvalue weighted by Crippen LogP contribution is 2.27. The van der Waals surface area contributed by atoms with Crippen molar-refractivity contribution in [3.8, 4) is 0 Å². The summed E-state index contributed by atoms with van der Waals surface area (Å²) >= 11 is 4.48. The monoisotopic (exact) mass is 498 g/mol. The molecule has 0 saturated carbocycles. The summed E-state index contributed by atoms with van der Waals surface area (Å²) in [4.78, 5) is 24.3. The first-order valence-electron chi connectivity index (χ1n) is 9.58. The summed E-state index contributed by atoms with van der Waals surface area (Å²) in [5.41, 5.74) is 0.0932. The summed E-state index contributed by atoms with van der Waals surface area (Å²) in [7, 11) is 0. The number of alkyl carbamates (subject to hydrolysis) is 1. The molecule has 2 aromatic rings. The quantitative estimate of drug-likeness (QED) is 0.483. The smallest absolute Gasteiger partial charge is 0.408 e. The highest BCUT2D eigenvalue weighted by molar-refractivity contribution is 9.10. The molecule has 0 saturated heterocycles. The molecular weight excluding hydrogens is 472 g/mol. The number of carbonyl (C=O) groups is 2. The molecule has 1 aromatic carbocycles. The van der Waals surface area contributed by atoms with Crippen LogP contribution in [0.2, 0.25) is 0 Å². The Morgan fingerprint density at radius 2 is 1.90 bits per heavy atom. The average Bonchev–Trinajstić information content (AvgIpc) is 3.13. The highest BCUT2D eigenvalue weighted by atomic mass is 79.9. The molecule has 0 fully saturated rings. The Balaban J connectivity index is 1.96. The van der Waals surface area contributed by atoms with Gasteiger partial charge in [0.2, 0.25) is 11.8 Å². The molecule has 2 amide bonds. The Morgan fingerprint density at radius 1 is 1.23 bits per heavy atom. The van der Waals surface area contributed by atoms with Crippen molar-refractivity contribution in [1.82, 2.24) is 15.5 Å². The van der Waals surface area contributed by atoms with Crippen LogP contribution in [-0.4, -0.2) is 33.6 Å². The van der Waals surface area contributed by atoms with Crippen LogP contribution in [0.1, 0.15) is 53.0 Å². The van der Waals surface area contributed by atoms with Crippen LogP contribution in [0.5, 0.6) is 0 Å². The molecule has 0 unspecified atom stereocenters. The number of nitrogens with one attached hydrogen (secondary N) is 2. The largest absolute Gasteiger partial charge is 0.444 e. The van der Waals surface area contributed by atoms with Gasteiger partial charge in [-0.05, 0) is 51.0 Å². The third-order valence-corrected chi connectivity index (χ3v) is 5.38. The normalized spacial score (nSPS) is 13.4. The van der Waals surface area contributed by atoms with E-state index in [1.54, 1.807) is 32.9 Å². The van der Waals surface area contributed by atoms with Crippen LogP contribution < -0.4 is 10.6 Å². The van der Waals surface area contributed by atoms with E-state index >= 15 is 0 Å². The zero-order chi connectivity index (χ0) is 22.3. The summed E-state index contributed by atoms with van der Waals surface area (Å²) in [6.07, 6.45) is 0.245. The van der Waals surface area contributed by atoms with Crippen LogP contribution in [0.3, 0.4) is 0 Å². The zero-order valence-corrected chi connectivity index (χ0v) is 20.1. The number of rotatable bonds is 8. The second-order valence-electron chi connectivity index (χ2n) is 7.76. The lowest BCUT2D eigenvalue weighted by molar-refractivity contribution is -0.113. The van der Waals surface area contributed by atoms with Crippen molar-refractivity contribution in [2.45, 2.75) is 57.9 Å². The molecule has 10 heteroatoms. The summed E-state index contributed by atoms with van der Waals surface area (Å²) in [6.45, 7) is 9.38. The van der Waals surface area contributed by atoms with Crippen LogP contribution in [0, 0.1) is 5.92 Å². The Morgan fingerprint density at radius 3 is 2.50 bits per heavy atom. The number of thioether (sulfide) groups is 1. The van der Waals surface area contributed by atoms with E-state index < -0.39 is 17.7 Å². The van der Waals surface area contributed by atoms with E-state index in [-0.39, 0.29) is 28.7 Å². The first-order chi connectivity index (χ1) is 14.1. The van der Waals surface area contributed by atoms with Gasteiger partial charge in [0.15, 0.2) is 0 Å². The Kier molecular flexibility index (Phi) is 8.72. The molecule has 0 aliphatic carbocycles. The van der Waals surface area contributed by atoms with Gasteiger partial charge in [-0.1, -0.05) is 48.0 Å². The van der Waals surface area contributed by atoms with Crippen molar-refractivity contribution >= 4 is 45.4 Å². The van der Waals surface area contributed by atoms with Gasteiger partial charge in [0.05, 0.1) is 5.75 Å². The minimum absolute atomic E-state index is 0.0523. The Hall–Kier alpha value is -2.07. The fourth-order valence-electron chi connectivity index (χ4n) is 2.38. The van der Waals surface area contributed by atoms with Gasteiger partial charge in [-0.2, -0.15) is 0 Å². The van der Waals surface area contributed by atoms with E-state index in [2.05, 4.69) is 36.8 Å². The van der Waals surface area contributed by atoms with Gasteiger partial charge < -0.3 is 19.8 Å². The molecule has 1 heterocycles. The molecule has 2 N–H and O–H groups in total. The molecule has 8 nitrogen and oxygen atoms in total. The van der Waals surface area contributed by atoms with Crippen molar-refractivity contribution in [3.63, 3.8) is 0 Å². The number of aromatic nitrogens is 2. The van der Waals surface area contributed by atoms with Gasteiger partial charge in [0, 0.05) is 10.2 Å². The number of amides is 2. The summed E-state index contributed by atoms with van der Waals surface area (Å²) in [5.74, 6) is 0.264. The van der Waals surface area contributed by atoms with Crippen molar-refractivity contribution in [1.29, 1.82) is 0 Å². The number of ether oxygens (including phenoxy) is 1. The van der Waals surface area contributed by atoms with E-state index in [1.807, 2.05) is 26.0 Å². The minimum Gasteiger partial charge on any atom is -0.444 e. The summed E-state index contributed by atoms with van der Waals surface area (Å²) in [6, 6.07) is 6.82. The predicted octanol–water partition coefficient (Wildman–Crippen LogP) is 5.17. The topological polar surface area (TPSA) is 106 Å². The molecule has 0 radical (unpaired) electrons. The van der Waals surface area contributed by atoms with Crippen LogP contribution >= 0.6 is 27.7 Å². The number of halogens is 1. The van der Waals surface area contributed by atoms with Crippen molar-refractivity contribution in [2.24, 2.45) is 5.92 Å². The van der Waals surface area contributed by atoms with Gasteiger partial charge >= 0.3 is 6.09 Å². The first-order valence-corrected chi connectivity index (χ1v) is 11.4. The summed E-state index contributed by atoms with van der Waals surface area (Å²) in [5, 5.41) is 13.9. The lowest BCUT2D eigenvalue weighted by Gasteiger charge is -2.24. The Labute approximate surface area is 189 Å². The number of nitrogens with zero attached hydrogens (tertiary/aromatic N) is 2. The van der Waals surface area contributed by atoms with Crippen molar-refractivity contribution in [3.05, 3.63) is 34.6 Å². The van der Waals surface area contributed by atoms with Gasteiger partial charge in [-0.3, -0.25) is 4.79 Å². The molecule has 164 valence electrons. The molecule has 0 bridgehead atoms. The van der Waals surface area contributed by atoms with E-state index in [0.717, 1.165) is 22.7 Å². The molecule has 0 spiro atoms. The third-order valence-electron chi connectivity index (χ3n) is 4.03. The highest BCUT2D eigenvalue weighted by Gasteiger charge is 2.28. The van der Waals surface area contributed by atoms with Crippen molar-refractivity contribution in [2.75, 3.05) is 11.1 Å². The number of carbonyl (C=O) groups excluding carboxylic acids is 2. The third kappa shape index (κ3) is 7.98. The SMILES string of the molecule is CC[C@@H](C)[C@H](NC(=O)OC(C)(C)C)c1nnc(SCC(=O)Nc2ccc(Br)cc2)o1. The maximum Gasteiger partial charge on any atom is 0.408 e. The van der Waals surface area contributed by atoms with E-state index in [0.29, 0.717) is 5.69 Å². The number of hydrogen-bond donors (Lipinski definition) is 2. The second kappa shape index (κ2) is 10.8. The standard InChI is InChI=1S/C20H27BrN4O4S/c1-6-12(2)16(23-18(27)29-20(3,4)5)17-24-25-19(28-17)30-11-15(26)22-14-9-7-13(21)8-10-14/h7-10,12,16H,6,11H2,1-5H3,(H,22,26)(H,23,27)/t12-,16+/m1/s1. The first kappa shape index (κ1) is 24.2. The zero-order valence-electron chi connectivity index (χ0n) is 17.7. The molecule has 1 aromatic heterocycles. The van der Waals surface area contributed by atoms with Crippen LogP contribution in [0.4, 0.5) is 10.5 Å². The minimum atomic E-state index is -0.609. The van der Waals surface area contributed by atoms with Gasteiger partial charge in [-0.15, -0.1) is 10.2 Å².